The van der Waals surface area contributed by atoms with Crippen molar-refractivity contribution in [2.75, 3.05) is 18.6 Å². The quantitative estimate of drug-likeness (QED) is 0.789. The van der Waals surface area contributed by atoms with Crippen LogP contribution < -0.4 is 5.73 Å². The predicted octanol–water partition coefficient (Wildman–Crippen LogP) is 1.14. The molecule has 0 spiro atoms. The average molecular weight is 231 g/mol. The minimum Gasteiger partial charge on any atom is -0.329 e. The first-order valence-electron chi connectivity index (χ1n) is 4.17. The highest BCUT2D eigenvalue weighted by atomic mass is 32.2. The summed E-state index contributed by atoms with van der Waals surface area (Å²) in [4.78, 5) is 1.40. The fourth-order valence-corrected chi connectivity index (χ4v) is 2.56. The zero-order chi connectivity index (χ0) is 10.6. The van der Waals surface area contributed by atoms with Crippen LogP contribution in [0.2, 0.25) is 0 Å². The van der Waals surface area contributed by atoms with E-state index in [-0.39, 0.29) is 12.3 Å². The van der Waals surface area contributed by atoms with Crippen molar-refractivity contribution < 1.29 is 8.42 Å². The molecule has 0 atom stereocenters. The lowest BCUT2D eigenvalue weighted by Crippen LogP contribution is -2.15. The van der Waals surface area contributed by atoms with Crippen molar-refractivity contribution in [1.29, 1.82) is 0 Å². The molecule has 0 radical (unpaired) electrons. The van der Waals surface area contributed by atoms with Gasteiger partial charge in [0.15, 0.2) is 9.84 Å². The van der Waals surface area contributed by atoms with Gasteiger partial charge in [-0.3, -0.25) is 0 Å². The molecule has 0 aliphatic carbocycles. The van der Waals surface area contributed by atoms with Crippen LogP contribution in [0.3, 0.4) is 0 Å². The van der Waals surface area contributed by atoms with Gasteiger partial charge in [-0.15, -0.1) is 11.8 Å². The Balaban J connectivity index is 2.97. The Hall–Kier alpha value is -0.520. The van der Waals surface area contributed by atoms with Crippen LogP contribution in [-0.4, -0.2) is 27.0 Å². The van der Waals surface area contributed by atoms with Crippen molar-refractivity contribution in [1.82, 2.24) is 0 Å². The number of sulfone groups is 1. The fraction of sp³-hybridized carbons (Fsp3) is 0.333. The average Bonchev–Trinajstić information content (AvgIpc) is 2.18. The van der Waals surface area contributed by atoms with Gasteiger partial charge in [-0.25, -0.2) is 8.42 Å². The Morgan fingerprint density at radius 1 is 1.29 bits per heavy atom. The molecule has 14 heavy (non-hydrogen) atoms. The van der Waals surface area contributed by atoms with E-state index in [0.29, 0.717) is 4.90 Å². The van der Waals surface area contributed by atoms with Crippen molar-refractivity contribution in [3.05, 3.63) is 24.3 Å². The predicted molar refractivity (Wildman–Crippen MR) is 59.3 cm³/mol. The zero-order valence-electron chi connectivity index (χ0n) is 7.93. The number of hydrogen-bond acceptors (Lipinski definition) is 4. The van der Waals surface area contributed by atoms with Gasteiger partial charge in [0.05, 0.1) is 10.6 Å². The third-order valence-electron chi connectivity index (χ3n) is 1.81. The lowest BCUT2D eigenvalue weighted by atomic mass is 10.4. The van der Waals surface area contributed by atoms with Crippen LogP contribution >= 0.6 is 11.8 Å². The summed E-state index contributed by atoms with van der Waals surface area (Å²) in [5.74, 6) is 0.00557. The maximum Gasteiger partial charge on any atom is 0.179 e. The summed E-state index contributed by atoms with van der Waals surface area (Å²) < 4.78 is 23.1. The maximum absolute atomic E-state index is 11.5. The van der Waals surface area contributed by atoms with Crippen LogP contribution in [0.15, 0.2) is 34.1 Å². The first-order valence-corrected chi connectivity index (χ1v) is 7.05. The summed E-state index contributed by atoms with van der Waals surface area (Å²) in [7, 11) is -3.17. The normalized spacial score (nSPS) is 11.6. The third kappa shape index (κ3) is 2.73. The van der Waals surface area contributed by atoms with Gasteiger partial charge in [-0.1, -0.05) is 0 Å². The van der Waals surface area contributed by atoms with E-state index >= 15 is 0 Å². The van der Waals surface area contributed by atoms with Gasteiger partial charge in [-0.05, 0) is 30.5 Å². The molecule has 0 saturated carbocycles. The molecule has 0 aliphatic rings. The Morgan fingerprint density at radius 2 is 1.86 bits per heavy atom. The number of benzene rings is 1. The molecule has 2 N–H and O–H groups in total. The monoisotopic (exact) mass is 231 g/mol. The minimum absolute atomic E-state index is 0.00557. The summed E-state index contributed by atoms with van der Waals surface area (Å²) in [5, 5.41) is 0. The lowest BCUT2D eigenvalue weighted by molar-refractivity contribution is 0.596. The number of rotatable bonds is 4. The molecule has 78 valence electrons. The summed E-state index contributed by atoms with van der Waals surface area (Å²) in [6, 6.07) is 6.84. The summed E-state index contributed by atoms with van der Waals surface area (Å²) >= 11 is 1.58. The Morgan fingerprint density at radius 3 is 2.29 bits per heavy atom. The largest absolute Gasteiger partial charge is 0.329 e. The van der Waals surface area contributed by atoms with Gasteiger partial charge in [0.2, 0.25) is 0 Å². The number of thioether (sulfide) groups is 1. The summed E-state index contributed by atoms with van der Waals surface area (Å²) in [5.41, 5.74) is 5.22. The number of hydrogen-bond donors (Lipinski definition) is 1. The van der Waals surface area contributed by atoms with Crippen molar-refractivity contribution in [3.8, 4) is 0 Å². The molecule has 5 heteroatoms. The van der Waals surface area contributed by atoms with Gasteiger partial charge < -0.3 is 5.73 Å². The van der Waals surface area contributed by atoms with E-state index in [9.17, 15) is 8.42 Å². The van der Waals surface area contributed by atoms with E-state index in [0.717, 1.165) is 4.90 Å². The molecule has 0 aromatic heterocycles. The smallest absolute Gasteiger partial charge is 0.179 e. The highest BCUT2D eigenvalue weighted by molar-refractivity contribution is 7.98. The highest BCUT2D eigenvalue weighted by Gasteiger charge is 2.12. The van der Waals surface area contributed by atoms with Gasteiger partial charge in [0, 0.05) is 11.4 Å². The van der Waals surface area contributed by atoms with Gasteiger partial charge in [0.25, 0.3) is 0 Å². The molecule has 3 nitrogen and oxygen atoms in total. The van der Waals surface area contributed by atoms with E-state index in [2.05, 4.69) is 0 Å². The van der Waals surface area contributed by atoms with Crippen LogP contribution in [0, 0.1) is 0 Å². The second-order valence-electron chi connectivity index (χ2n) is 2.78. The standard InChI is InChI=1S/C9H13NO2S2/c1-13-8-2-4-9(5-3-8)14(11,12)7-6-10/h2-5H,6-7,10H2,1H3. The van der Waals surface area contributed by atoms with Gasteiger partial charge >= 0.3 is 0 Å². The Labute approximate surface area is 88.6 Å². The Kier molecular flexibility index (Phi) is 3.97. The van der Waals surface area contributed by atoms with Crippen LogP contribution in [0.1, 0.15) is 0 Å². The van der Waals surface area contributed by atoms with Crippen molar-refractivity contribution >= 4 is 21.6 Å². The molecule has 1 aromatic carbocycles. The lowest BCUT2D eigenvalue weighted by Gasteiger charge is -2.03. The second-order valence-corrected chi connectivity index (χ2v) is 5.77. The van der Waals surface area contributed by atoms with Crippen molar-refractivity contribution in [3.63, 3.8) is 0 Å². The Bertz CT molecular complexity index is 384. The van der Waals surface area contributed by atoms with E-state index in [1.165, 1.54) is 0 Å². The van der Waals surface area contributed by atoms with E-state index in [1.807, 2.05) is 6.26 Å². The molecule has 0 bridgehead atoms. The van der Waals surface area contributed by atoms with Crippen LogP contribution in [0.4, 0.5) is 0 Å². The molecule has 0 aliphatic heterocycles. The molecule has 0 unspecified atom stereocenters. The molecule has 1 aromatic rings. The topological polar surface area (TPSA) is 60.2 Å². The van der Waals surface area contributed by atoms with Crippen LogP contribution in [0.5, 0.6) is 0 Å². The van der Waals surface area contributed by atoms with Crippen molar-refractivity contribution in [2.45, 2.75) is 9.79 Å². The van der Waals surface area contributed by atoms with Crippen LogP contribution in [0.25, 0.3) is 0 Å². The van der Waals surface area contributed by atoms with Gasteiger partial charge in [-0.2, -0.15) is 0 Å². The first-order chi connectivity index (χ1) is 6.60. The van der Waals surface area contributed by atoms with E-state index in [4.69, 9.17) is 5.73 Å². The van der Waals surface area contributed by atoms with E-state index < -0.39 is 9.84 Å². The summed E-state index contributed by atoms with van der Waals surface area (Å²) in [6.07, 6.45) is 1.95. The fourth-order valence-electron chi connectivity index (χ4n) is 1.06. The SMILES string of the molecule is CSc1ccc(S(=O)(=O)CCN)cc1. The molecule has 0 fully saturated rings. The molecule has 0 saturated heterocycles. The highest BCUT2D eigenvalue weighted by Crippen LogP contribution is 2.18. The van der Waals surface area contributed by atoms with Crippen molar-refractivity contribution in [2.24, 2.45) is 5.73 Å². The second kappa shape index (κ2) is 4.82. The minimum atomic E-state index is -3.17. The third-order valence-corrected chi connectivity index (χ3v) is 4.31. The number of nitrogens with two attached hydrogens (primary N) is 1. The summed E-state index contributed by atoms with van der Waals surface area (Å²) in [6.45, 7) is 0.159. The molecule has 0 heterocycles. The molecular weight excluding hydrogens is 218 g/mol. The van der Waals surface area contributed by atoms with Gasteiger partial charge in [0.1, 0.15) is 0 Å². The molecule has 0 amide bonds. The van der Waals surface area contributed by atoms with E-state index in [1.54, 1.807) is 36.0 Å². The molecular formula is C9H13NO2S2. The molecule has 1 rings (SSSR count). The zero-order valence-corrected chi connectivity index (χ0v) is 9.57. The first kappa shape index (κ1) is 11.6. The van der Waals surface area contributed by atoms with Crippen LogP contribution in [-0.2, 0) is 9.84 Å². The maximum atomic E-state index is 11.5.